The lowest BCUT2D eigenvalue weighted by molar-refractivity contribution is 0.229. The molecule has 0 aliphatic heterocycles. The predicted octanol–water partition coefficient (Wildman–Crippen LogP) is 2.20. The van der Waals surface area contributed by atoms with E-state index in [2.05, 4.69) is 10.0 Å². The van der Waals surface area contributed by atoms with Crippen molar-refractivity contribution in [3.63, 3.8) is 0 Å². The quantitative estimate of drug-likeness (QED) is 0.579. The SMILES string of the molecule is CCCNS(=O)(=O)c1ccc(NCCCC(C)CO)cc1. The van der Waals surface area contributed by atoms with Gasteiger partial charge in [0.15, 0.2) is 0 Å². The van der Waals surface area contributed by atoms with E-state index < -0.39 is 10.0 Å². The molecule has 1 atom stereocenters. The van der Waals surface area contributed by atoms with Gasteiger partial charge in [0.2, 0.25) is 10.0 Å². The van der Waals surface area contributed by atoms with Crippen molar-refractivity contribution in [3.8, 4) is 0 Å². The highest BCUT2D eigenvalue weighted by Gasteiger charge is 2.12. The van der Waals surface area contributed by atoms with E-state index in [9.17, 15) is 8.42 Å². The molecule has 1 aromatic rings. The van der Waals surface area contributed by atoms with Crippen LogP contribution in [0.1, 0.15) is 33.1 Å². The van der Waals surface area contributed by atoms with Crippen molar-refractivity contribution in [1.82, 2.24) is 4.72 Å². The Morgan fingerprint density at radius 3 is 2.43 bits per heavy atom. The summed E-state index contributed by atoms with van der Waals surface area (Å²) in [4.78, 5) is 0.287. The van der Waals surface area contributed by atoms with Crippen molar-refractivity contribution in [1.29, 1.82) is 0 Å². The molecule has 120 valence electrons. The van der Waals surface area contributed by atoms with Gasteiger partial charge in [0.25, 0.3) is 0 Å². The van der Waals surface area contributed by atoms with Crippen LogP contribution >= 0.6 is 0 Å². The normalized spacial score (nSPS) is 13.1. The molecule has 0 radical (unpaired) electrons. The van der Waals surface area contributed by atoms with E-state index in [1.165, 1.54) is 0 Å². The molecule has 1 rings (SSSR count). The number of anilines is 1. The molecule has 0 aromatic heterocycles. The number of hydrogen-bond acceptors (Lipinski definition) is 4. The van der Waals surface area contributed by atoms with Crippen molar-refractivity contribution < 1.29 is 13.5 Å². The van der Waals surface area contributed by atoms with Gasteiger partial charge in [-0.3, -0.25) is 0 Å². The zero-order chi connectivity index (χ0) is 15.7. The molecule has 0 bridgehead atoms. The van der Waals surface area contributed by atoms with Gasteiger partial charge in [0, 0.05) is 25.4 Å². The second-order valence-electron chi connectivity index (χ2n) is 5.28. The predicted molar refractivity (Wildman–Crippen MR) is 85.9 cm³/mol. The maximum absolute atomic E-state index is 11.9. The minimum atomic E-state index is -3.38. The highest BCUT2D eigenvalue weighted by atomic mass is 32.2. The van der Waals surface area contributed by atoms with Crippen LogP contribution < -0.4 is 10.0 Å². The number of aliphatic hydroxyl groups excluding tert-OH is 1. The minimum absolute atomic E-state index is 0.220. The van der Waals surface area contributed by atoms with Crippen LogP contribution in [0.2, 0.25) is 0 Å². The van der Waals surface area contributed by atoms with Gasteiger partial charge in [-0.15, -0.1) is 0 Å². The number of nitrogens with one attached hydrogen (secondary N) is 2. The van der Waals surface area contributed by atoms with Crippen molar-refractivity contribution in [2.24, 2.45) is 5.92 Å². The molecule has 3 N–H and O–H groups in total. The zero-order valence-corrected chi connectivity index (χ0v) is 13.6. The fraction of sp³-hybridized carbons (Fsp3) is 0.600. The van der Waals surface area contributed by atoms with Gasteiger partial charge in [0.05, 0.1) is 4.90 Å². The van der Waals surface area contributed by atoms with Crippen molar-refractivity contribution >= 4 is 15.7 Å². The first-order chi connectivity index (χ1) is 9.99. The first-order valence-corrected chi connectivity index (χ1v) is 8.92. The summed E-state index contributed by atoms with van der Waals surface area (Å²) < 4.78 is 26.4. The molecule has 0 amide bonds. The summed E-state index contributed by atoms with van der Waals surface area (Å²) in [5, 5.41) is 12.2. The molecule has 21 heavy (non-hydrogen) atoms. The Morgan fingerprint density at radius 2 is 1.86 bits per heavy atom. The van der Waals surface area contributed by atoms with E-state index in [1.807, 2.05) is 13.8 Å². The Kier molecular flexibility index (Phi) is 7.71. The monoisotopic (exact) mass is 314 g/mol. The molecule has 0 heterocycles. The Balaban J connectivity index is 2.47. The summed E-state index contributed by atoms with van der Waals surface area (Å²) >= 11 is 0. The number of rotatable bonds is 10. The summed E-state index contributed by atoms with van der Waals surface area (Å²) in [5.74, 6) is 0.323. The third kappa shape index (κ3) is 6.46. The molecule has 0 aliphatic rings. The van der Waals surface area contributed by atoms with E-state index >= 15 is 0 Å². The molecule has 1 unspecified atom stereocenters. The second-order valence-corrected chi connectivity index (χ2v) is 7.05. The fourth-order valence-corrected chi connectivity index (χ4v) is 2.98. The maximum atomic E-state index is 11.9. The standard InChI is InChI=1S/C15H26N2O3S/c1-3-10-17-21(19,20)15-8-6-14(7-9-15)16-11-4-5-13(2)12-18/h6-9,13,16-18H,3-5,10-12H2,1-2H3. The van der Waals surface area contributed by atoms with E-state index in [1.54, 1.807) is 24.3 Å². The Bertz CT molecular complexity index is 500. The van der Waals surface area contributed by atoms with Crippen LogP contribution in [0.5, 0.6) is 0 Å². The van der Waals surface area contributed by atoms with Crippen LogP contribution in [0, 0.1) is 5.92 Å². The lowest BCUT2D eigenvalue weighted by atomic mass is 10.1. The van der Waals surface area contributed by atoms with E-state index in [0.29, 0.717) is 12.5 Å². The van der Waals surface area contributed by atoms with Gasteiger partial charge in [-0.25, -0.2) is 13.1 Å². The second kappa shape index (κ2) is 9.02. The molecule has 6 heteroatoms. The molecule has 0 spiro atoms. The molecular weight excluding hydrogens is 288 g/mol. The first kappa shape index (κ1) is 17.9. The molecule has 0 aliphatic carbocycles. The summed E-state index contributed by atoms with van der Waals surface area (Å²) in [5.41, 5.74) is 0.904. The smallest absolute Gasteiger partial charge is 0.240 e. The van der Waals surface area contributed by atoms with Crippen LogP contribution in [0.25, 0.3) is 0 Å². The van der Waals surface area contributed by atoms with E-state index in [4.69, 9.17) is 5.11 Å². The number of benzene rings is 1. The van der Waals surface area contributed by atoms with Crippen molar-refractivity contribution in [3.05, 3.63) is 24.3 Å². The average molecular weight is 314 g/mol. The highest BCUT2D eigenvalue weighted by Crippen LogP contribution is 2.14. The van der Waals surface area contributed by atoms with Gasteiger partial charge < -0.3 is 10.4 Å². The van der Waals surface area contributed by atoms with Crippen LogP contribution in [-0.2, 0) is 10.0 Å². The lowest BCUT2D eigenvalue weighted by Gasteiger charge is -2.10. The molecule has 5 nitrogen and oxygen atoms in total. The number of aliphatic hydroxyl groups is 1. The third-order valence-corrected chi connectivity index (χ3v) is 4.70. The molecule has 0 saturated carbocycles. The number of hydrogen-bond donors (Lipinski definition) is 3. The molecule has 1 aromatic carbocycles. The lowest BCUT2D eigenvalue weighted by Crippen LogP contribution is -2.24. The largest absolute Gasteiger partial charge is 0.396 e. The summed E-state index contributed by atoms with van der Waals surface area (Å²) in [6.07, 6.45) is 2.71. The van der Waals surface area contributed by atoms with Crippen LogP contribution in [0.15, 0.2) is 29.2 Å². The van der Waals surface area contributed by atoms with Gasteiger partial charge in [-0.1, -0.05) is 13.8 Å². The van der Waals surface area contributed by atoms with E-state index in [0.717, 1.165) is 31.5 Å². The van der Waals surface area contributed by atoms with E-state index in [-0.39, 0.29) is 11.5 Å². The molecule has 0 fully saturated rings. The topological polar surface area (TPSA) is 78.4 Å². The zero-order valence-electron chi connectivity index (χ0n) is 12.8. The summed E-state index contributed by atoms with van der Waals surface area (Å²) in [7, 11) is -3.38. The van der Waals surface area contributed by atoms with Gasteiger partial charge in [-0.05, 0) is 49.4 Å². The van der Waals surface area contributed by atoms with Gasteiger partial charge in [0.1, 0.15) is 0 Å². The minimum Gasteiger partial charge on any atom is -0.396 e. The molecule has 0 saturated heterocycles. The third-order valence-electron chi connectivity index (χ3n) is 3.22. The van der Waals surface area contributed by atoms with Crippen molar-refractivity contribution in [2.45, 2.75) is 38.0 Å². The Morgan fingerprint density at radius 1 is 1.19 bits per heavy atom. The number of sulfonamides is 1. The highest BCUT2D eigenvalue weighted by molar-refractivity contribution is 7.89. The van der Waals surface area contributed by atoms with Crippen LogP contribution in [0.3, 0.4) is 0 Å². The Labute approximate surface area is 127 Å². The summed E-state index contributed by atoms with van der Waals surface area (Å²) in [6.45, 7) is 5.42. The Hall–Kier alpha value is -1.11. The van der Waals surface area contributed by atoms with Gasteiger partial charge >= 0.3 is 0 Å². The first-order valence-electron chi connectivity index (χ1n) is 7.44. The van der Waals surface area contributed by atoms with Crippen molar-refractivity contribution in [2.75, 3.05) is 25.0 Å². The van der Waals surface area contributed by atoms with Gasteiger partial charge in [-0.2, -0.15) is 0 Å². The van der Waals surface area contributed by atoms with Crippen LogP contribution in [0.4, 0.5) is 5.69 Å². The van der Waals surface area contributed by atoms with Crippen LogP contribution in [-0.4, -0.2) is 33.2 Å². The molecular formula is C15H26N2O3S. The fourth-order valence-electron chi connectivity index (χ4n) is 1.85. The average Bonchev–Trinajstić information content (AvgIpc) is 2.49. The summed E-state index contributed by atoms with van der Waals surface area (Å²) in [6, 6.07) is 6.76. The maximum Gasteiger partial charge on any atom is 0.240 e.